The first-order valence-corrected chi connectivity index (χ1v) is 5.76. The van der Waals surface area contributed by atoms with Crippen molar-refractivity contribution in [2.24, 2.45) is 0 Å². The molecule has 0 fully saturated rings. The minimum Gasteiger partial charge on any atom is -0.466 e. The molecule has 0 amide bonds. The van der Waals surface area contributed by atoms with Gasteiger partial charge in [-0.15, -0.1) is 0 Å². The number of rotatable bonds is 3. The second-order valence-electron chi connectivity index (χ2n) is 4.32. The lowest BCUT2D eigenvalue weighted by atomic mass is 10.1. The van der Waals surface area contributed by atoms with E-state index in [9.17, 15) is 0 Å². The molecule has 2 rings (SSSR count). The van der Waals surface area contributed by atoms with Gasteiger partial charge in [-0.1, -0.05) is 12.1 Å². The van der Waals surface area contributed by atoms with Crippen molar-refractivity contribution in [1.82, 2.24) is 0 Å². The molecule has 1 heterocycles. The van der Waals surface area contributed by atoms with Crippen LogP contribution in [0, 0.1) is 13.8 Å². The van der Waals surface area contributed by atoms with Gasteiger partial charge in [0.1, 0.15) is 11.5 Å². The van der Waals surface area contributed by atoms with E-state index in [1.54, 1.807) is 0 Å². The smallest absolute Gasteiger partial charge is 0.106 e. The normalized spacial score (nSPS) is 12.4. The molecule has 0 aliphatic carbocycles. The van der Waals surface area contributed by atoms with Crippen molar-refractivity contribution in [3.63, 3.8) is 0 Å². The Kier molecular flexibility index (Phi) is 3.09. The van der Waals surface area contributed by atoms with E-state index >= 15 is 0 Å². The first kappa shape index (κ1) is 11.6. The molecule has 0 aliphatic heterocycles. The van der Waals surface area contributed by atoms with Gasteiger partial charge in [-0.05, 0) is 39.0 Å². The molecule has 0 radical (unpaired) electrons. The van der Waals surface area contributed by atoms with Crippen molar-refractivity contribution in [1.29, 1.82) is 0 Å². The summed E-state index contributed by atoms with van der Waals surface area (Å²) < 4.78 is 5.53. The molecule has 1 aromatic carbocycles. The molecule has 3 heteroatoms. The number of hydrogen-bond donors (Lipinski definition) is 2. The number of nitrogens with two attached hydrogens (primary N) is 1. The molecule has 0 spiro atoms. The predicted octanol–water partition coefficient (Wildman–Crippen LogP) is 3.65. The molecule has 1 atom stereocenters. The number of anilines is 2. The van der Waals surface area contributed by atoms with Crippen LogP contribution in [-0.4, -0.2) is 0 Å². The summed E-state index contributed by atoms with van der Waals surface area (Å²) in [5.74, 6) is 1.89. The van der Waals surface area contributed by atoms with E-state index in [0.29, 0.717) is 0 Å². The maximum Gasteiger partial charge on any atom is 0.106 e. The van der Waals surface area contributed by atoms with Crippen molar-refractivity contribution in [3.05, 3.63) is 47.4 Å². The summed E-state index contributed by atoms with van der Waals surface area (Å²) in [6, 6.07) is 10.0. The molecule has 90 valence electrons. The Morgan fingerprint density at radius 3 is 2.53 bits per heavy atom. The van der Waals surface area contributed by atoms with Crippen molar-refractivity contribution in [2.75, 3.05) is 11.1 Å². The molecule has 3 nitrogen and oxygen atoms in total. The highest BCUT2D eigenvalue weighted by atomic mass is 16.3. The molecule has 0 bridgehead atoms. The summed E-state index contributed by atoms with van der Waals surface area (Å²) in [6.45, 7) is 6.04. The lowest BCUT2D eigenvalue weighted by Gasteiger charge is -2.16. The average molecular weight is 230 g/mol. The van der Waals surface area contributed by atoms with E-state index in [4.69, 9.17) is 10.2 Å². The quantitative estimate of drug-likeness (QED) is 0.791. The van der Waals surface area contributed by atoms with Gasteiger partial charge in [0.2, 0.25) is 0 Å². The van der Waals surface area contributed by atoms with E-state index < -0.39 is 0 Å². The van der Waals surface area contributed by atoms with Gasteiger partial charge in [0, 0.05) is 5.56 Å². The maximum atomic E-state index is 5.90. The van der Waals surface area contributed by atoms with Crippen LogP contribution >= 0.6 is 0 Å². The predicted molar refractivity (Wildman–Crippen MR) is 71.1 cm³/mol. The minimum atomic E-state index is 0.178. The molecular formula is C14H18N2O. The molecular weight excluding hydrogens is 212 g/mol. The van der Waals surface area contributed by atoms with E-state index in [2.05, 4.69) is 18.3 Å². The Morgan fingerprint density at radius 2 is 1.94 bits per heavy atom. The molecule has 17 heavy (non-hydrogen) atoms. The highest BCUT2D eigenvalue weighted by Crippen LogP contribution is 2.27. The lowest BCUT2D eigenvalue weighted by Crippen LogP contribution is -2.08. The van der Waals surface area contributed by atoms with Crippen LogP contribution in [0.2, 0.25) is 0 Å². The number of para-hydroxylation sites is 2. The fourth-order valence-corrected chi connectivity index (χ4v) is 2.02. The first-order chi connectivity index (χ1) is 8.08. The summed E-state index contributed by atoms with van der Waals surface area (Å²) in [5.41, 5.74) is 8.79. The largest absolute Gasteiger partial charge is 0.466 e. The summed E-state index contributed by atoms with van der Waals surface area (Å²) in [4.78, 5) is 0. The Balaban J connectivity index is 2.20. The lowest BCUT2D eigenvalue weighted by molar-refractivity contribution is 0.500. The third-order valence-corrected chi connectivity index (χ3v) is 2.88. The van der Waals surface area contributed by atoms with Crippen LogP contribution in [0.15, 0.2) is 34.7 Å². The minimum absolute atomic E-state index is 0.178. The van der Waals surface area contributed by atoms with Crippen molar-refractivity contribution in [3.8, 4) is 0 Å². The van der Waals surface area contributed by atoms with E-state index in [1.165, 1.54) is 5.56 Å². The monoisotopic (exact) mass is 230 g/mol. The van der Waals surface area contributed by atoms with Gasteiger partial charge in [-0.3, -0.25) is 0 Å². The second-order valence-corrected chi connectivity index (χ2v) is 4.32. The van der Waals surface area contributed by atoms with Gasteiger partial charge in [-0.25, -0.2) is 0 Å². The summed E-state index contributed by atoms with van der Waals surface area (Å²) in [6.07, 6.45) is 0. The average Bonchev–Trinajstić information content (AvgIpc) is 2.61. The van der Waals surface area contributed by atoms with Gasteiger partial charge in [0.05, 0.1) is 17.4 Å². The number of nitrogens with one attached hydrogen (secondary N) is 1. The highest BCUT2D eigenvalue weighted by molar-refractivity contribution is 5.66. The van der Waals surface area contributed by atoms with Gasteiger partial charge >= 0.3 is 0 Å². The first-order valence-electron chi connectivity index (χ1n) is 5.76. The zero-order valence-corrected chi connectivity index (χ0v) is 10.4. The second kappa shape index (κ2) is 4.53. The zero-order valence-electron chi connectivity index (χ0n) is 10.4. The van der Waals surface area contributed by atoms with Crippen molar-refractivity contribution < 1.29 is 4.42 Å². The number of furan rings is 1. The highest BCUT2D eigenvalue weighted by Gasteiger charge is 2.13. The van der Waals surface area contributed by atoms with Crippen LogP contribution in [0.3, 0.4) is 0 Å². The summed E-state index contributed by atoms with van der Waals surface area (Å²) in [5, 5.41) is 3.40. The summed E-state index contributed by atoms with van der Waals surface area (Å²) >= 11 is 0. The van der Waals surface area contributed by atoms with Crippen molar-refractivity contribution >= 4 is 11.4 Å². The standard InChI is InChI=1S/C14H18N2O/c1-9-8-12(11(3)17-9)10(2)16-14-7-5-4-6-13(14)15/h4-8,10,16H,15H2,1-3H3. The van der Waals surface area contributed by atoms with Gasteiger partial charge in [-0.2, -0.15) is 0 Å². The Bertz CT molecular complexity index is 517. The van der Waals surface area contributed by atoms with E-state index in [0.717, 1.165) is 22.9 Å². The van der Waals surface area contributed by atoms with E-state index in [-0.39, 0.29) is 6.04 Å². The van der Waals surface area contributed by atoms with Crippen LogP contribution < -0.4 is 11.1 Å². The van der Waals surface area contributed by atoms with Crippen molar-refractivity contribution in [2.45, 2.75) is 26.8 Å². The number of hydrogen-bond acceptors (Lipinski definition) is 3. The van der Waals surface area contributed by atoms with Crippen LogP contribution in [0.4, 0.5) is 11.4 Å². The molecule has 2 aromatic rings. The Labute approximate surface area is 102 Å². The number of aryl methyl sites for hydroxylation is 2. The molecule has 0 aliphatic rings. The van der Waals surface area contributed by atoms with Crippen LogP contribution in [0.5, 0.6) is 0 Å². The van der Waals surface area contributed by atoms with Gasteiger partial charge in [0.25, 0.3) is 0 Å². The molecule has 0 saturated carbocycles. The van der Waals surface area contributed by atoms with Crippen LogP contribution in [0.25, 0.3) is 0 Å². The SMILES string of the molecule is Cc1cc(C(C)Nc2ccccc2N)c(C)o1. The Morgan fingerprint density at radius 1 is 1.24 bits per heavy atom. The van der Waals surface area contributed by atoms with Crippen LogP contribution in [-0.2, 0) is 0 Å². The Hall–Kier alpha value is -1.90. The third kappa shape index (κ3) is 2.44. The molecule has 1 aromatic heterocycles. The van der Waals surface area contributed by atoms with Crippen LogP contribution in [0.1, 0.15) is 30.0 Å². The molecule has 3 N–H and O–H groups in total. The fraction of sp³-hybridized carbons (Fsp3) is 0.286. The van der Waals surface area contributed by atoms with Gasteiger partial charge < -0.3 is 15.5 Å². The van der Waals surface area contributed by atoms with Gasteiger partial charge in [0.15, 0.2) is 0 Å². The fourth-order valence-electron chi connectivity index (χ4n) is 2.02. The zero-order chi connectivity index (χ0) is 12.4. The molecule has 1 unspecified atom stereocenters. The molecule has 0 saturated heterocycles. The third-order valence-electron chi connectivity index (χ3n) is 2.88. The number of benzene rings is 1. The summed E-state index contributed by atoms with van der Waals surface area (Å²) in [7, 11) is 0. The topological polar surface area (TPSA) is 51.2 Å². The maximum absolute atomic E-state index is 5.90. The number of nitrogen functional groups attached to an aromatic ring is 1. The van der Waals surface area contributed by atoms with E-state index in [1.807, 2.05) is 38.1 Å².